The summed E-state index contributed by atoms with van der Waals surface area (Å²) in [6.45, 7) is 15.3. The molecular formula is C18H22S4. The second-order valence-electron chi connectivity index (χ2n) is 4.14. The van der Waals surface area contributed by atoms with Gasteiger partial charge in [0.1, 0.15) is 0 Å². The minimum atomic E-state index is 0.923. The fraction of sp³-hybridized carbons (Fsp3) is 0.222. The van der Waals surface area contributed by atoms with Crippen molar-refractivity contribution < 1.29 is 0 Å². The molecule has 0 saturated heterocycles. The molecule has 0 spiro atoms. The molecule has 0 aromatic heterocycles. The van der Waals surface area contributed by atoms with E-state index in [0.717, 1.165) is 23.0 Å². The van der Waals surface area contributed by atoms with Crippen molar-refractivity contribution in [2.45, 2.75) is 19.6 Å². The van der Waals surface area contributed by atoms with Crippen LogP contribution in [0.1, 0.15) is 0 Å². The second kappa shape index (κ2) is 12.1. The van der Waals surface area contributed by atoms with Crippen molar-refractivity contribution in [3.8, 4) is 0 Å². The molecule has 0 fully saturated rings. The molecule has 0 atom stereocenters. The van der Waals surface area contributed by atoms with Gasteiger partial charge in [0.2, 0.25) is 0 Å². The number of thioether (sulfide) groups is 4. The molecule has 0 amide bonds. The Kier molecular flexibility index (Phi) is 10.8. The lowest BCUT2D eigenvalue weighted by Crippen LogP contribution is -1.89. The van der Waals surface area contributed by atoms with Gasteiger partial charge in [-0.15, -0.1) is 73.4 Å². The third-order valence-corrected chi connectivity index (χ3v) is 6.90. The largest absolute Gasteiger partial charge is 0.121 e. The van der Waals surface area contributed by atoms with E-state index in [-0.39, 0.29) is 0 Å². The molecule has 0 saturated carbocycles. The van der Waals surface area contributed by atoms with Gasteiger partial charge < -0.3 is 0 Å². The predicted octanol–water partition coefficient (Wildman–Crippen LogP) is 6.80. The van der Waals surface area contributed by atoms with Crippen molar-refractivity contribution in [1.82, 2.24) is 0 Å². The molecule has 0 N–H and O–H groups in total. The molecule has 1 aromatic carbocycles. The minimum Gasteiger partial charge on any atom is -0.121 e. The van der Waals surface area contributed by atoms with Crippen LogP contribution >= 0.6 is 47.0 Å². The molecule has 0 unspecified atom stereocenters. The Bertz CT molecular complexity index is 430. The Balaban J connectivity index is 3.14. The second-order valence-corrected chi connectivity index (χ2v) is 8.39. The summed E-state index contributed by atoms with van der Waals surface area (Å²) in [5.74, 6) is 3.69. The Morgan fingerprint density at radius 3 is 0.955 bits per heavy atom. The van der Waals surface area contributed by atoms with E-state index < -0.39 is 0 Å². The van der Waals surface area contributed by atoms with E-state index in [0.29, 0.717) is 0 Å². The van der Waals surface area contributed by atoms with E-state index in [9.17, 15) is 0 Å². The minimum absolute atomic E-state index is 0.923. The summed E-state index contributed by atoms with van der Waals surface area (Å²) in [5, 5.41) is 0. The van der Waals surface area contributed by atoms with E-state index in [1.165, 1.54) is 19.6 Å². The Morgan fingerprint density at radius 2 is 0.773 bits per heavy atom. The van der Waals surface area contributed by atoms with E-state index in [4.69, 9.17) is 0 Å². The Labute approximate surface area is 152 Å². The summed E-state index contributed by atoms with van der Waals surface area (Å²) < 4.78 is 0. The maximum Gasteiger partial charge on any atom is 0.0223 e. The first-order valence-electron chi connectivity index (χ1n) is 6.89. The van der Waals surface area contributed by atoms with Crippen LogP contribution in [-0.4, -0.2) is 23.0 Å². The fourth-order valence-electron chi connectivity index (χ4n) is 1.57. The topological polar surface area (TPSA) is 0 Å². The Morgan fingerprint density at radius 1 is 0.545 bits per heavy atom. The van der Waals surface area contributed by atoms with Crippen LogP contribution in [0, 0.1) is 0 Å². The lowest BCUT2D eigenvalue weighted by molar-refractivity contribution is 1.09. The van der Waals surface area contributed by atoms with Crippen LogP contribution in [0.2, 0.25) is 0 Å². The lowest BCUT2D eigenvalue weighted by atomic mass is 10.3. The molecule has 0 bridgehead atoms. The van der Waals surface area contributed by atoms with Gasteiger partial charge in [-0.25, -0.2) is 0 Å². The standard InChI is InChI=1S/C18H22S4/c1-5-9-19-15-13-17(21-11-7-3)18(22-12-8-4)14-16(15)20-10-6-2/h5-8,13-14H,1-4,9-12H2. The Hall–Kier alpha value is -0.420. The SMILES string of the molecule is C=CCSc1cc(SCC=C)c(SCC=C)cc1SCC=C. The summed E-state index contributed by atoms with van der Waals surface area (Å²) in [6.07, 6.45) is 7.79. The average Bonchev–Trinajstić information content (AvgIpc) is 2.55. The number of hydrogen-bond acceptors (Lipinski definition) is 4. The van der Waals surface area contributed by atoms with Crippen molar-refractivity contribution in [3.63, 3.8) is 0 Å². The summed E-state index contributed by atoms with van der Waals surface area (Å²) in [4.78, 5) is 5.28. The van der Waals surface area contributed by atoms with Crippen molar-refractivity contribution in [2.75, 3.05) is 23.0 Å². The van der Waals surface area contributed by atoms with Crippen LogP contribution in [0.25, 0.3) is 0 Å². The highest BCUT2D eigenvalue weighted by molar-refractivity contribution is 8.03. The van der Waals surface area contributed by atoms with Crippen molar-refractivity contribution in [2.24, 2.45) is 0 Å². The average molecular weight is 367 g/mol. The van der Waals surface area contributed by atoms with Crippen LogP contribution in [0.3, 0.4) is 0 Å². The van der Waals surface area contributed by atoms with Crippen LogP contribution in [-0.2, 0) is 0 Å². The normalized spacial score (nSPS) is 10.2. The number of benzene rings is 1. The van der Waals surface area contributed by atoms with Gasteiger partial charge in [-0.05, 0) is 12.1 Å². The molecule has 22 heavy (non-hydrogen) atoms. The molecule has 0 radical (unpaired) electrons. The van der Waals surface area contributed by atoms with Crippen LogP contribution in [0.5, 0.6) is 0 Å². The van der Waals surface area contributed by atoms with E-state index >= 15 is 0 Å². The van der Waals surface area contributed by atoms with Crippen LogP contribution in [0.4, 0.5) is 0 Å². The van der Waals surface area contributed by atoms with E-state index in [2.05, 4.69) is 38.4 Å². The van der Waals surface area contributed by atoms with Gasteiger partial charge in [-0.3, -0.25) is 0 Å². The zero-order valence-electron chi connectivity index (χ0n) is 12.8. The van der Waals surface area contributed by atoms with Crippen molar-refractivity contribution in [1.29, 1.82) is 0 Å². The third kappa shape index (κ3) is 6.78. The third-order valence-electron chi connectivity index (χ3n) is 2.44. The first kappa shape index (κ1) is 19.6. The first-order chi connectivity index (χ1) is 10.8. The summed E-state index contributed by atoms with van der Waals surface area (Å²) >= 11 is 7.34. The van der Waals surface area contributed by atoms with E-state index in [1.54, 1.807) is 0 Å². The molecule has 1 aromatic rings. The molecule has 118 valence electrons. The molecule has 4 heteroatoms. The fourth-order valence-corrected chi connectivity index (χ4v) is 5.22. The van der Waals surface area contributed by atoms with Gasteiger partial charge >= 0.3 is 0 Å². The first-order valence-corrected chi connectivity index (χ1v) is 10.8. The van der Waals surface area contributed by atoms with Gasteiger partial charge in [-0.2, -0.15) is 0 Å². The van der Waals surface area contributed by atoms with Gasteiger partial charge in [0.05, 0.1) is 0 Å². The lowest BCUT2D eigenvalue weighted by Gasteiger charge is -2.14. The van der Waals surface area contributed by atoms with E-state index in [1.807, 2.05) is 71.4 Å². The summed E-state index contributed by atoms with van der Waals surface area (Å²) in [5.41, 5.74) is 0. The maximum atomic E-state index is 3.82. The smallest absolute Gasteiger partial charge is 0.0223 e. The monoisotopic (exact) mass is 366 g/mol. The van der Waals surface area contributed by atoms with Gasteiger partial charge in [0, 0.05) is 42.6 Å². The molecule has 1 rings (SSSR count). The quantitative estimate of drug-likeness (QED) is 0.294. The van der Waals surface area contributed by atoms with Crippen molar-refractivity contribution in [3.05, 3.63) is 62.8 Å². The summed E-state index contributed by atoms with van der Waals surface area (Å²) in [6, 6.07) is 4.61. The molecule has 0 aliphatic rings. The molecule has 0 nitrogen and oxygen atoms in total. The predicted molar refractivity (Wildman–Crippen MR) is 110 cm³/mol. The molecule has 0 aliphatic heterocycles. The molecule has 0 heterocycles. The highest BCUT2D eigenvalue weighted by atomic mass is 32.2. The zero-order valence-corrected chi connectivity index (χ0v) is 16.0. The van der Waals surface area contributed by atoms with Gasteiger partial charge in [0.15, 0.2) is 0 Å². The molecular weight excluding hydrogens is 344 g/mol. The summed E-state index contributed by atoms with van der Waals surface area (Å²) in [7, 11) is 0. The van der Waals surface area contributed by atoms with Gasteiger partial charge in [0.25, 0.3) is 0 Å². The van der Waals surface area contributed by atoms with Crippen molar-refractivity contribution >= 4 is 47.0 Å². The highest BCUT2D eigenvalue weighted by Gasteiger charge is 2.11. The van der Waals surface area contributed by atoms with Gasteiger partial charge in [-0.1, -0.05) is 24.3 Å². The number of hydrogen-bond donors (Lipinski definition) is 0. The highest BCUT2D eigenvalue weighted by Crippen LogP contribution is 2.40. The van der Waals surface area contributed by atoms with Crippen LogP contribution < -0.4 is 0 Å². The number of rotatable bonds is 12. The van der Waals surface area contributed by atoms with Crippen LogP contribution in [0.15, 0.2) is 82.3 Å². The molecule has 0 aliphatic carbocycles. The zero-order chi connectivity index (χ0) is 16.2. The maximum absolute atomic E-state index is 3.82.